The largest absolute Gasteiger partial charge is 0.295 e. The van der Waals surface area contributed by atoms with Gasteiger partial charge in [0.25, 0.3) is 0 Å². The summed E-state index contributed by atoms with van der Waals surface area (Å²) in [6, 6.07) is 9.26. The number of rotatable bonds is 2. The first-order valence-corrected chi connectivity index (χ1v) is 7.84. The molecule has 108 valence electrons. The van der Waals surface area contributed by atoms with Crippen molar-refractivity contribution < 1.29 is 4.39 Å². The van der Waals surface area contributed by atoms with Gasteiger partial charge in [-0.1, -0.05) is 12.1 Å². The van der Waals surface area contributed by atoms with Crippen LogP contribution in [0, 0.1) is 19.7 Å². The third-order valence-corrected chi connectivity index (χ3v) is 4.55. The van der Waals surface area contributed by atoms with Gasteiger partial charge in [0.2, 0.25) is 0 Å². The van der Waals surface area contributed by atoms with Gasteiger partial charge in [-0.05, 0) is 53.0 Å². The van der Waals surface area contributed by atoms with E-state index in [4.69, 9.17) is 11.6 Å². The average molecular weight is 368 g/mol. The number of nitrogens with zero attached hydrogens (tertiary/aromatic N) is 2. The van der Waals surface area contributed by atoms with Crippen molar-refractivity contribution in [1.29, 1.82) is 0 Å². The van der Waals surface area contributed by atoms with Crippen LogP contribution in [0.3, 0.4) is 0 Å². The molecule has 0 bridgehead atoms. The molecule has 2 nitrogen and oxygen atoms in total. The lowest BCUT2D eigenvalue weighted by molar-refractivity contribution is 0.623. The number of imidazole rings is 1. The normalized spacial score (nSPS) is 11.3. The molecule has 1 aromatic heterocycles. The average Bonchev–Trinajstić information content (AvgIpc) is 2.80. The van der Waals surface area contributed by atoms with E-state index in [1.54, 1.807) is 6.07 Å². The summed E-state index contributed by atoms with van der Waals surface area (Å²) >= 11 is 9.27. The Morgan fingerprint density at radius 1 is 1.29 bits per heavy atom. The molecule has 0 aliphatic rings. The van der Waals surface area contributed by atoms with E-state index in [2.05, 4.69) is 40.8 Å². The summed E-state index contributed by atoms with van der Waals surface area (Å²) in [4.78, 5) is 4.45. The number of benzene rings is 2. The van der Waals surface area contributed by atoms with Crippen LogP contribution >= 0.6 is 27.5 Å². The SMILES string of the molecule is Cc1cccc(-n2c(CCl)nc3cc(F)c(Br)cc32)c1C. The van der Waals surface area contributed by atoms with Crippen LogP contribution in [0.1, 0.15) is 17.0 Å². The van der Waals surface area contributed by atoms with E-state index in [-0.39, 0.29) is 11.7 Å². The van der Waals surface area contributed by atoms with Gasteiger partial charge in [0, 0.05) is 6.07 Å². The first kappa shape index (κ1) is 14.5. The van der Waals surface area contributed by atoms with E-state index in [0.29, 0.717) is 15.8 Å². The fraction of sp³-hybridized carbons (Fsp3) is 0.188. The highest BCUT2D eigenvalue weighted by atomic mass is 79.9. The second-order valence-corrected chi connectivity index (χ2v) is 6.09. The van der Waals surface area contributed by atoms with Gasteiger partial charge in [0.05, 0.1) is 27.1 Å². The molecule has 1 heterocycles. The first-order valence-electron chi connectivity index (χ1n) is 6.52. The van der Waals surface area contributed by atoms with Crippen molar-refractivity contribution in [3.8, 4) is 5.69 Å². The number of aromatic nitrogens is 2. The second kappa shape index (κ2) is 5.43. The van der Waals surface area contributed by atoms with E-state index in [9.17, 15) is 4.39 Å². The number of aryl methyl sites for hydroxylation is 1. The molecule has 0 fully saturated rings. The Hall–Kier alpha value is -1.39. The highest BCUT2D eigenvalue weighted by molar-refractivity contribution is 9.10. The van der Waals surface area contributed by atoms with Crippen molar-refractivity contribution in [3.63, 3.8) is 0 Å². The monoisotopic (exact) mass is 366 g/mol. The van der Waals surface area contributed by atoms with Crippen molar-refractivity contribution in [2.75, 3.05) is 0 Å². The van der Waals surface area contributed by atoms with E-state index in [1.807, 2.05) is 16.7 Å². The lowest BCUT2D eigenvalue weighted by Crippen LogP contribution is -2.02. The van der Waals surface area contributed by atoms with Crippen LogP contribution in [0.2, 0.25) is 0 Å². The minimum atomic E-state index is -0.325. The first-order chi connectivity index (χ1) is 10.0. The fourth-order valence-electron chi connectivity index (χ4n) is 2.46. The van der Waals surface area contributed by atoms with Gasteiger partial charge in [0.1, 0.15) is 11.6 Å². The summed E-state index contributed by atoms with van der Waals surface area (Å²) in [7, 11) is 0. The Bertz CT molecular complexity index is 842. The summed E-state index contributed by atoms with van der Waals surface area (Å²) < 4.78 is 16.1. The van der Waals surface area contributed by atoms with Gasteiger partial charge in [-0.15, -0.1) is 11.6 Å². The second-order valence-electron chi connectivity index (χ2n) is 4.97. The number of halogens is 3. The molecule has 0 saturated heterocycles. The van der Waals surface area contributed by atoms with E-state index >= 15 is 0 Å². The van der Waals surface area contributed by atoms with Gasteiger partial charge in [-0.3, -0.25) is 4.57 Å². The van der Waals surface area contributed by atoms with Crippen molar-refractivity contribution in [2.24, 2.45) is 0 Å². The zero-order chi connectivity index (χ0) is 15.1. The highest BCUT2D eigenvalue weighted by Crippen LogP contribution is 2.29. The molecule has 0 saturated carbocycles. The maximum atomic E-state index is 13.7. The Labute approximate surface area is 135 Å². The quantitative estimate of drug-likeness (QED) is 0.563. The molecule has 0 spiro atoms. The number of fused-ring (bicyclic) bond motifs is 1. The molecular formula is C16H13BrClFN2. The smallest absolute Gasteiger partial charge is 0.139 e. The molecule has 0 unspecified atom stereocenters. The van der Waals surface area contributed by atoms with Gasteiger partial charge < -0.3 is 0 Å². The lowest BCUT2D eigenvalue weighted by atomic mass is 10.1. The molecule has 21 heavy (non-hydrogen) atoms. The highest BCUT2D eigenvalue weighted by Gasteiger charge is 2.16. The predicted molar refractivity (Wildman–Crippen MR) is 87.8 cm³/mol. The predicted octanol–water partition coefficient (Wildman–Crippen LogP) is 5.28. The Kier molecular flexibility index (Phi) is 3.76. The Morgan fingerprint density at radius 3 is 2.76 bits per heavy atom. The zero-order valence-electron chi connectivity index (χ0n) is 11.6. The van der Waals surface area contributed by atoms with Gasteiger partial charge in [-0.25, -0.2) is 9.37 Å². The van der Waals surface area contributed by atoms with E-state index in [1.165, 1.54) is 11.6 Å². The molecule has 3 rings (SSSR count). The molecule has 0 radical (unpaired) electrons. The van der Waals surface area contributed by atoms with Crippen LogP contribution in [0.25, 0.3) is 16.7 Å². The molecule has 5 heteroatoms. The van der Waals surface area contributed by atoms with Crippen LogP contribution in [0.5, 0.6) is 0 Å². The molecule has 0 N–H and O–H groups in total. The molecule has 0 atom stereocenters. The third kappa shape index (κ3) is 2.36. The van der Waals surface area contributed by atoms with Gasteiger partial charge in [0.15, 0.2) is 0 Å². The van der Waals surface area contributed by atoms with E-state index < -0.39 is 0 Å². The number of hydrogen-bond donors (Lipinski definition) is 0. The number of alkyl halides is 1. The van der Waals surface area contributed by atoms with Crippen molar-refractivity contribution in [1.82, 2.24) is 9.55 Å². The lowest BCUT2D eigenvalue weighted by Gasteiger charge is -2.13. The van der Waals surface area contributed by atoms with Gasteiger partial charge >= 0.3 is 0 Å². The molecule has 0 aliphatic heterocycles. The minimum absolute atomic E-state index is 0.265. The van der Waals surface area contributed by atoms with Crippen LogP contribution in [0.4, 0.5) is 4.39 Å². The summed E-state index contributed by atoms with van der Waals surface area (Å²) in [5.41, 5.74) is 4.81. The summed E-state index contributed by atoms with van der Waals surface area (Å²) in [5.74, 6) is 0.647. The minimum Gasteiger partial charge on any atom is -0.295 e. The Balaban J connectivity index is 2.40. The van der Waals surface area contributed by atoms with Crippen molar-refractivity contribution in [3.05, 3.63) is 57.6 Å². The third-order valence-electron chi connectivity index (χ3n) is 3.70. The maximum Gasteiger partial charge on any atom is 0.139 e. The molecular weight excluding hydrogens is 355 g/mol. The van der Waals surface area contributed by atoms with Gasteiger partial charge in [-0.2, -0.15) is 0 Å². The molecule has 3 aromatic rings. The zero-order valence-corrected chi connectivity index (χ0v) is 14.0. The molecule has 0 amide bonds. The molecule has 0 aliphatic carbocycles. The van der Waals surface area contributed by atoms with Crippen LogP contribution in [-0.4, -0.2) is 9.55 Å². The summed E-state index contributed by atoms with van der Waals surface area (Å²) in [5, 5.41) is 0. The topological polar surface area (TPSA) is 17.8 Å². The number of hydrogen-bond acceptors (Lipinski definition) is 1. The summed E-state index contributed by atoms with van der Waals surface area (Å²) in [6.07, 6.45) is 0. The maximum absolute atomic E-state index is 13.7. The Morgan fingerprint density at radius 2 is 2.05 bits per heavy atom. The van der Waals surface area contributed by atoms with E-state index in [0.717, 1.165) is 16.8 Å². The van der Waals surface area contributed by atoms with Crippen molar-refractivity contribution >= 4 is 38.6 Å². The van der Waals surface area contributed by atoms with Crippen LogP contribution in [0.15, 0.2) is 34.8 Å². The molecule has 2 aromatic carbocycles. The van der Waals surface area contributed by atoms with Crippen LogP contribution in [-0.2, 0) is 5.88 Å². The van der Waals surface area contributed by atoms with Crippen molar-refractivity contribution in [2.45, 2.75) is 19.7 Å². The standard InChI is InChI=1S/C16H13BrClFN2/c1-9-4-3-5-14(10(9)2)21-15-6-11(17)12(19)7-13(15)20-16(21)8-18/h3-7H,8H2,1-2H3. The van der Waals surface area contributed by atoms with Crippen LogP contribution < -0.4 is 0 Å². The summed E-state index contributed by atoms with van der Waals surface area (Å²) in [6.45, 7) is 4.13. The fourth-order valence-corrected chi connectivity index (χ4v) is 2.97.